The standard InChI is InChI=1S/C18H20N2O/c1-13-6-5-9-15(10-13)18(21)20-11-16(17(19)12-20)14-7-3-2-4-8-14/h2-10,16-17H,11-12,19H2,1H3/t16-,17+/m0/s1. The number of benzene rings is 2. The normalized spacial score (nSPS) is 21.5. The van der Waals surface area contributed by atoms with Crippen LogP contribution in [0.25, 0.3) is 0 Å². The van der Waals surface area contributed by atoms with E-state index in [9.17, 15) is 4.79 Å². The van der Waals surface area contributed by atoms with E-state index in [0.29, 0.717) is 13.1 Å². The molecule has 0 saturated carbocycles. The molecule has 2 aromatic rings. The predicted octanol–water partition coefficient (Wildman–Crippen LogP) is 2.56. The van der Waals surface area contributed by atoms with E-state index in [1.165, 1.54) is 5.56 Å². The predicted molar refractivity (Wildman–Crippen MR) is 84.2 cm³/mol. The number of carbonyl (C=O) groups excluding carboxylic acids is 1. The molecular formula is C18H20N2O. The minimum Gasteiger partial charge on any atom is -0.336 e. The summed E-state index contributed by atoms with van der Waals surface area (Å²) in [6, 6.07) is 17.9. The number of aryl methyl sites for hydroxylation is 1. The molecule has 1 aliphatic heterocycles. The maximum atomic E-state index is 12.6. The Hall–Kier alpha value is -2.13. The van der Waals surface area contributed by atoms with Gasteiger partial charge in [0.2, 0.25) is 0 Å². The van der Waals surface area contributed by atoms with E-state index in [-0.39, 0.29) is 17.9 Å². The van der Waals surface area contributed by atoms with E-state index in [1.54, 1.807) is 0 Å². The minimum atomic E-state index is 0.00107. The zero-order chi connectivity index (χ0) is 14.8. The second kappa shape index (κ2) is 5.70. The zero-order valence-corrected chi connectivity index (χ0v) is 12.2. The molecule has 0 aliphatic carbocycles. The van der Waals surface area contributed by atoms with Gasteiger partial charge in [0.25, 0.3) is 5.91 Å². The maximum Gasteiger partial charge on any atom is 0.253 e. The largest absolute Gasteiger partial charge is 0.336 e. The van der Waals surface area contributed by atoms with Crippen molar-refractivity contribution >= 4 is 5.91 Å². The van der Waals surface area contributed by atoms with Gasteiger partial charge in [-0.05, 0) is 24.6 Å². The van der Waals surface area contributed by atoms with Crippen molar-refractivity contribution in [2.45, 2.75) is 18.9 Å². The number of nitrogens with two attached hydrogens (primary N) is 1. The first-order valence-corrected chi connectivity index (χ1v) is 7.31. The molecule has 3 nitrogen and oxygen atoms in total. The third-order valence-electron chi connectivity index (χ3n) is 4.15. The van der Waals surface area contributed by atoms with Crippen molar-refractivity contribution in [1.82, 2.24) is 4.90 Å². The summed E-state index contributed by atoms with van der Waals surface area (Å²) in [5.74, 6) is 0.299. The Kier molecular flexibility index (Phi) is 3.76. The van der Waals surface area contributed by atoms with E-state index >= 15 is 0 Å². The molecule has 0 bridgehead atoms. The Morgan fingerprint density at radius 2 is 1.86 bits per heavy atom. The fraction of sp³-hybridized carbons (Fsp3) is 0.278. The number of amides is 1. The zero-order valence-electron chi connectivity index (χ0n) is 12.2. The van der Waals surface area contributed by atoms with Gasteiger partial charge in [-0.25, -0.2) is 0 Å². The Bertz CT molecular complexity index is 639. The molecule has 1 amide bonds. The lowest BCUT2D eigenvalue weighted by Crippen LogP contribution is -2.32. The molecule has 1 saturated heterocycles. The van der Waals surface area contributed by atoms with Gasteiger partial charge in [-0.2, -0.15) is 0 Å². The number of hydrogen-bond donors (Lipinski definition) is 1. The molecule has 1 fully saturated rings. The lowest BCUT2D eigenvalue weighted by atomic mass is 9.95. The van der Waals surface area contributed by atoms with Crippen LogP contribution in [0.4, 0.5) is 0 Å². The molecule has 3 heteroatoms. The number of carbonyl (C=O) groups is 1. The highest BCUT2D eigenvalue weighted by atomic mass is 16.2. The van der Waals surface area contributed by atoms with Crippen LogP contribution in [0.1, 0.15) is 27.4 Å². The van der Waals surface area contributed by atoms with Gasteiger partial charge in [0, 0.05) is 30.6 Å². The van der Waals surface area contributed by atoms with Crippen molar-refractivity contribution < 1.29 is 4.79 Å². The van der Waals surface area contributed by atoms with Gasteiger partial charge in [-0.1, -0.05) is 48.0 Å². The van der Waals surface area contributed by atoms with Crippen LogP contribution in [0.3, 0.4) is 0 Å². The average molecular weight is 280 g/mol. The van der Waals surface area contributed by atoms with Crippen LogP contribution in [0.2, 0.25) is 0 Å². The monoisotopic (exact) mass is 280 g/mol. The summed E-state index contributed by atoms with van der Waals surface area (Å²) < 4.78 is 0. The Morgan fingerprint density at radius 1 is 1.10 bits per heavy atom. The summed E-state index contributed by atoms with van der Waals surface area (Å²) in [4.78, 5) is 14.5. The number of hydrogen-bond acceptors (Lipinski definition) is 2. The number of likely N-dealkylation sites (tertiary alicyclic amines) is 1. The summed E-state index contributed by atoms with van der Waals surface area (Å²) in [6.45, 7) is 3.31. The summed E-state index contributed by atoms with van der Waals surface area (Å²) in [5, 5.41) is 0. The smallest absolute Gasteiger partial charge is 0.253 e. The lowest BCUT2D eigenvalue weighted by molar-refractivity contribution is 0.0789. The van der Waals surface area contributed by atoms with E-state index in [0.717, 1.165) is 11.1 Å². The second-order valence-corrected chi connectivity index (χ2v) is 5.76. The SMILES string of the molecule is Cc1cccc(C(=O)N2C[C@@H](N)[C@H](c3ccccc3)C2)c1. The van der Waals surface area contributed by atoms with Gasteiger partial charge in [0.1, 0.15) is 0 Å². The molecule has 0 aromatic heterocycles. The number of rotatable bonds is 2. The quantitative estimate of drug-likeness (QED) is 0.919. The topological polar surface area (TPSA) is 46.3 Å². The molecule has 0 radical (unpaired) electrons. The van der Waals surface area contributed by atoms with Gasteiger partial charge in [0.05, 0.1) is 0 Å². The minimum absolute atomic E-state index is 0.00107. The van der Waals surface area contributed by atoms with Gasteiger partial charge in [-0.15, -0.1) is 0 Å². The molecule has 0 spiro atoms. The molecule has 1 heterocycles. The first-order chi connectivity index (χ1) is 10.1. The van der Waals surface area contributed by atoms with Crippen LogP contribution >= 0.6 is 0 Å². The lowest BCUT2D eigenvalue weighted by Gasteiger charge is -2.16. The molecule has 0 unspecified atom stereocenters. The fourth-order valence-corrected chi connectivity index (χ4v) is 3.01. The molecule has 2 aromatic carbocycles. The highest BCUT2D eigenvalue weighted by Gasteiger charge is 2.34. The Labute approximate surface area is 125 Å². The van der Waals surface area contributed by atoms with Crippen LogP contribution in [-0.4, -0.2) is 29.9 Å². The van der Waals surface area contributed by atoms with Crippen molar-refractivity contribution in [1.29, 1.82) is 0 Å². The summed E-state index contributed by atoms with van der Waals surface area (Å²) in [5.41, 5.74) is 9.31. The van der Waals surface area contributed by atoms with Gasteiger partial charge >= 0.3 is 0 Å². The third kappa shape index (κ3) is 2.83. The van der Waals surface area contributed by atoms with Crippen LogP contribution in [0.15, 0.2) is 54.6 Å². The number of nitrogens with zero attached hydrogens (tertiary/aromatic N) is 1. The van der Waals surface area contributed by atoms with Gasteiger partial charge in [0.15, 0.2) is 0 Å². The average Bonchev–Trinajstić information content (AvgIpc) is 2.89. The third-order valence-corrected chi connectivity index (χ3v) is 4.15. The highest BCUT2D eigenvalue weighted by Crippen LogP contribution is 2.27. The maximum absolute atomic E-state index is 12.6. The Balaban J connectivity index is 1.78. The van der Waals surface area contributed by atoms with Crippen molar-refractivity contribution in [3.63, 3.8) is 0 Å². The van der Waals surface area contributed by atoms with Crippen LogP contribution in [-0.2, 0) is 0 Å². The van der Waals surface area contributed by atoms with E-state index in [4.69, 9.17) is 5.73 Å². The van der Waals surface area contributed by atoms with Crippen LogP contribution in [0, 0.1) is 6.92 Å². The van der Waals surface area contributed by atoms with Gasteiger partial charge < -0.3 is 10.6 Å². The summed E-state index contributed by atoms with van der Waals surface area (Å²) in [7, 11) is 0. The summed E-state index contributed by atoms with van der Waals surface area (Å²) >= 11 is 0. The van der Waals surface area contributed by atoms with E-state index < -0.39 is 0 Å². The van der Waals surface area contributed by atoms with E-state index in [1.807, 2.05) is 54.3 Å². The molecule has 1 aliphatic rings. The molecule has 108 valence electrons. The molecule has 3 rings (SSSR count). The molecular weight excluding hydrogens is 260 g/mol. The van der Waals surface area contributed by atoms with Crippen molar-refractivity contribution in [2.75, 3.05) is 13.1 Å². The van der Waals surface area contributed by atoms with Crippen molar-refractivity contribution in [2.24, 2.45) is 5.73 Å². The first kappa shape index (κ1) is 13.8. The highest BCUT2D eigenvalue weighted by molar-refractivity contribution is 5.94. The van der Waals surface area contributed by atoms with Crippen LogP contribution in [0.5, 0.6) is 0 Å². The van der Waals surface area contributed by atoms with E-state index in [2.05, 4.69) is 12.1 Å². The molecule has 2 atom stereocenters. The fourth-order valence-electron chi connectivity index (χ4n) is 3.01. The van der Waals surface area contributed by atoms with Crippen LogP contribution < -0.4 is 5.73 Å². The Morgan fingerprint density at radius 3 is 2.57 bits per heavy atom. The summed E-state index contributed by atoms with van der Waals surface area (Å²) in [6.07, 6.45) is 0. The second-order valence-electron chi connectivity index (χ2n) is 5.76. The molecule has 2 N–H and O–H groups in total. The molecule has 21 heavy (non-hydrogen) atoms. The van der Waals surface area contributed by atoms with Crippen molar-refractivity contribution in [3.05, 3.63) is 71.3 Å². The van der Waals surface area contributed by atoms with Gasteiger partial charge in [-0.3, -0.25) is 4.79 Å². The van der Waals surface area contributed by atoms with Crippen molar-refractivity contribution in [3.8, 4) is 0 Å². The first-order valence-electron chi connectivity index (χ1n) is 7.31.